The van der Waals surface area contributed by atoms with E-state index in [2.05, 4.69) is 10.6 Å². The molecule has 124 valence electrons. The minimum atomic E-state index is -1.10. The van der Waals surface area contributed by atoms with Gasteiger partial charge in [-0.05, 0) is 24.3 Å². The Hall–Kier alpha value is -2.61. The number of carboxylic acids is 2. The van der Waals surface area contributed by atoms with Crippen LogP contribution in [0.5, 0.6) is 5.75 Å². The summed E-state index contributed by atoms with van der Waals surface area (Å²) >= 11 is 0. The van der Waals surface area contributed by atoms with Crippen molar-refractivity contribution in [2.24, 2.45) is 5.92 Å². The zero-order chi connectivity index (χ0) is 17.0. The van der Waals surface area contributed by atoms with Gasteiger partial charge in [-0.15, -0.1) is 0 Å². The van der Waals surface area contributed by atoms with Gasteiger partial charge < -0.3 is 25.6 Å². The highest BCUT2D eigenvalue weighted by atomic mass is 16.5. The number of benzene rings is 1. The van der Waals surface area contributed by atoms with E-state index in [1.54, 1.807) is 24.3 Å². The van der Waals surface area contributed by atoms with Gasteiger partial charge in [-0.3, -0.25) is 14.4 Å². The van der Waals surface area contributed by atoms with Gasteiger partial charge in [-0.1, -0.05) is 0 Å². The smallest absolute Gasteiger partial charge is 0.321 e. The van der Waals surface area contributed by atoms with Crippen molar-refractivity contribution in [3.8, 4) is 5.75 Å². The van der Waals surface area contributed by atoms with Crippen molar-refractivity contribution in [3.05, 3.63) is 29.8 Å². The van der Waals surface area contributed by atoms with Crippen LogP contribution in [-0.4, -0.2) is 53.8 Å². The van der Waals surface area contributed by atoms with Crippen LogP contribution < -0.4 is 15.4 Å². The van der Waals surface area contributed by atoms with Gasteiger partial charge in [0.15, 0.2) is 0 Å². The van der Waals surface area contributed by atoms with E-state index in [0.29, 0.717) is 11.3 Å². The molecule has 1 heterocycles. The van der Waals surface area contributed by atoms with E-state index in [0.717, 1.165) is 0 Å². The van der Waals surface area contributed by atoms with Crippen molar-refractivity contribution < 1.29 is 29.3 Å². The van der Waals surface area contributed by atoms with Crippen molar-refractivity contribution in [2.45, 2.75) is 18.6 Å². The van der Waals surface area contributed by atoms with Crippen LogP contribution in [0.2, 0.25) is 0 Å². The Morgan fingerprint density at radius 1 is 1.26 bits per heavy atom. The fourth-order valence-corrected chi connectivity index (χ4v) is 2.61. The highest BCUT2D eigenvalue weighted by Crippen LogP contribution is 2.25. The van der Waals surface area contributed by atoms with E-state index in [4.69, 9.17) is 14.9 Å². The molecule has 0 radical (unpaired) electrons. The Morgan fingerprint density at radius 3 is 2.43 bits per heavy atom. The average molecular weight is 322 g/mol. The van der Waals surface area contributed by atoms with Crippen LogP contribution in [0, 0.1) is 5.92 Å². The highest BCUT2D eigenvalue weighted by Gasteiger charge is 2.42. The van der Waals surface area contributed by atoms with Gasteiger partial charge in [0.1, 0.15) is 17.9 Å². The third-order valence-electron chi connectivity index (χ3n) is 3.75. The fraction of sp³-hybridized carbons (Fsp3) is 0.400. The van der Waals surface area contributed by atoms with Gasteiger partial charge in [-0.25, -0.2) is 0 Å². The maximum Gasteiger partial charge on any atom is 0.321 e. The summed E-state index contributed by atoms with van der Waals surface area (Å²) in [4.78, 5) is 33.6. The van der Waals surface area contributed by atoms with E-state index >= 15 is 0 Å². The van der Waals surface area contributed by atoms with Crippen molar-refractivity contribution in [1.82, 2.24) is 10.6 Å². The van der Waals surface area contributed by atoms with Crippen LogP contribution >= 0.6 is 0 Å². The predicted molar refractivity (Wildman–Crippen MR) is 79.4 cm³/mol. The Labute approximate surface area is 132 Å². The molecule has 1 fully saturated rings. The average Bonchev–Trinajstić information content (AvgIpc) is 2.89. The van der Waals surface area contributed by atoms with Crippen molar-refractivity contribution in [1.29, 1.82) is 0 Å². The molecule has 1 saturated heterocycles. The van der Waals surface area contributed by atoms with E-state index < -0.39 is 30.0 Å². The fourth-order valence-electron chi connectivity index (χ4n) is 2.61. The van der Waals surface area contributed by atoms with Gasteiger partial charge in [0.05, 0.1) is 6.42 Å². The first-order valence-electron chi connectivity index (χ1n) is 7.09. The Morgan fingerprint density at radius 2 is 1.91 bits per heavy atom. The molecule has 0 bridgehead atoms. The summed E-state index contributed by atoms with van der Waals surface area (Å²) in [7, 11) is 1.53. The van der Waals surface area contributed by atoms with Crippen molar-refractivity contribution in [3.63, 3.8) is 0 Å². The lowest BCUT2D eigenvalue weighted by atomic mass is 9.94. The highest BCUT2D eigenvalue weighted by molar-refractivity contribution is 5.94. The third kappa shape index (κ3) is 3.98. The largest absolute Gasteiger partial charge is 0.489 e. The van der Waals surface area contributed by atoms with Gasteiger partial charge >= 0.3 is 11.9 Å². The molecule has 1 aromatic carbocycles. The number of ether oxygens (including phenoxy) is 1. The number of hydrogen-bond acceptors (Lipinski definition) is 5. The quantitative estimate of drug-likeness (QED) is 0.578. The minimum Gasteiger partial charge on any atom is -0.489 e. The van der Waals surface area contributed by atoms with Gasteiger partial charge in [0.25, 0.3) is 5.91 Å². The first kappa shape index (κ1) is 16.8. The summed E-state index contributed by atoms with van der Waals surface area (Å²) in [5.41, 5.74) is 0.467. The molecule has 0 saturated carbocycles. The van der Waals surface area contributed by atoms with E-state index in [-0.39, 0.29) is 18.9 Å². The van der Waals surface area contributed by atoms with Crippen LogP contribution in [0.4, 0.5) is 0 Å². The topological polar surface area (TPSA) is 125 Å². The van der Waals surface area contributed by atoms with Gasteiger partial charge in [0, 0.05) is 25.1 Å². The summed E-state index contributed by atoms with van der Waals surface area (Å²) in [6.07, 6.45) is -0.872. The number of nitrogens with one attached hydrogen (secondary N) is 2. The number of carbonyl (C=O) groups is 3. The summed E-state index contributed by atoms with van der Waals surface area (Å²) in [5, 5.41) is 23.4. The number of rotatable bonds is 6. The second-order valence-corrected chi connectivity index (χ2v) is 5.25. The van der Waals surface area contributed by atoms with Crippen LogP contribution in [0.25, 0.3) is 0 Å². The summed E-state index contributed by atoms with van der Waals surface area (Å²) in [5.74, 6) is -2.63. The lowest BCUT2D eigenvalue weighted by Gasteiger charge is -2.21. The van der Waals surface area contributed by atoms with Crippen molar-refractivity contribution in [2.75, 3.05) is 13.6 Å². The number of amides is 1. The zero-order valence-corrected chi connectivity index (χ0v) is 12.5. The molecule has 1 aromatic rings. The van der Waals surface area contributed by atoms with Gasteiger partial charge in [-0.2, -0.15) is 0 Å². The Bertz CT molecular complexity index is 600. The van der Waals surface area contributed by atoms with Crippen molar-refractivity contribution >= 4 is 17.8 Å². The molecule has 1 amide bonds. The molecule has 3 atom stereocenters. The predicted octanol–water partition coefficient (Wildman–Crippen LogP) is -0.0591. The Kier molecular flexibility index (Phi) is 5.17. The maximum absolute atomic E-state index is 11.5. The number of aliphatic carboxylic acids is 2. The van der Waals surface area contributed by atoms with Gasteiger partial charge in [0.2, 0.25) is 0 Å². The molecule has 23 heavy (non-hydrogen) atoms. The molecule has 0 aromatic heterocycles. The number of carboxylic acid groups (broad SMARTS) is 2. The zero-order valence-electron chi connectivity index (χ0n) is 12.5. The molecule has 8 nitrogen and oxygen atoms in total. The molecule has 8 heteroatoms. The van der Waals surface area contributed by atoms with Crippen LogP contribution in [0.15, 0.2) is 24.3 Å². The Balaban J connectivity index is 2.09. The molecule has 1 aliphatic heterocycles. The second-order valence-electron chi connectivity index (χ2n) is 5.25. The van der Waals surface area contributed by atoms with Crippen LogP contribution in [-0.2, 0) is 9.59 Å². The molecule has 0 aliphatic carbocycles. The van der Waals surface area contributed by atoms with E-state index in [1.165, 1.54) is 7.05 Å². The van der Waals surface area contributed by atoms with Crippen LogP contribution in [0.3, 0.4) is 0 Å². The van der Waals surface area contributed by atoms with E-state index in [9.17, 15) is 14.4 Å². The second kappa shape index (κ2) is 7.10. The molecule has 4 N–H and O–H groups in total. The first-order chi connectivity index (χ1) is 10.9. The molecule has 0 unspecified atom stereocenters. The molecule has 1 aliphatic rings. The SMILES string of the molecule is CNC(=O)c1ccc(O[C@H]2CN[C@H](C(=O)O)[C@H]2CC(=O)O)cc1. The minimum absolute atomic E-state index is 0.228. The van der Waals surface area contributed by atoms with E-state index in [1.807, 2.05) is 0 Å². The molecular weight excluding hydrogens is 304 g/mol. The molecule has 2 rings (SSSR count). The summed E-state index contributed by atoms with van der Waals surface area (Å²) < 4.78 is 5.72. The number of carbonyl (C=O) groups excluding carboxylic acids is 1. The number of hydrogen-bond donors (Lipinski definition) is 4. The summed E-state index contributed by atoms with van der Waals surface area (Å²) in [6.45, 7) is 0.242. The normalized spacial score (nSPS) is 23.3. The first-order valence-corrected chi connectivity index (χ1v) is 7.09. The molecule has 0 spiro atoms. The monoisotopic (exact) mass is 322 g/mol. The van der Waals surface area contributed by atoms with Crippen LogP contribution in [0.1, 0.15) is 16.8 Å². The molecular formula is C15H18N2O6. The summed E-state index contributed by atoms with van der Waals surface area (Å²) in [6, 6.07) is 5.39. The maximum atomic E-state index is 11.5. The lowest BCUT2D eigenvalue weighted by molar-refractivity contribution is -0.142. The third-order valence-corrected chi connectivity index (χ3v) is 3.75. The lowest BCUT2D eigenvalue weighted by Crippen LogP contribution is -2.38. The standard InChI is InChI=1S/C15H18N2O6/c1-16-14(20)8-2-4-9(5-3-8)23-11-7-17-13(15(21)22)10(11)6-12(18)19/h2-5,10-11,13,17H,6-7H2,1H3,(H,16,20)(H,18,19)(H,21,22)/t10-,11-,13-/m0/s1.